The SMILES string of the molecule is Cc1nsc(N(C)C(=O)CNC(C)C)c1C(=O)O. The zero-order valence-electron chi connectivity index (χ0n) is 10.9. The van der Waals surface area contributed by atoms with Gasteiger partial charge in [-0.25, -0.2) is 4.79 Å². The molecule has 0 saturated carbocycles. The number of carboxylic acid groups (broad SMARTS) is 1. The van der Waals surface area contributed by atoms with Crippen molar-refractivity contribution >= 4 is 28.4 Å². The molecule has 0 aromatic carbocycles. The van der Waals surface area contributed by atoms with Crippen molar-refractivity contribution in [1.82, 2.24) is 9.69 Å². The van der Waals surface area contributed by atoms with Gasteiger partial charge in [0.05, 0.1) is 12.2 Å². The van der Waals surface area contributed by atoms with E-state index in [4.69, 9.17) is 5.11 Å². The molecular formula is C11H17N3O3S. The average molecular weight is 271 g/mol. The van der Waals surface area contributed by atoms with Crippen molar-refractivity contribution in [3.05, 3.63) is 11.3 Å². The summed E-state index contributed by atoms with van der Waals surface area (Å²) in [7, 11) is 1.56. The number of nitrogens with one attached hydrogen (secondary N) is 1. The first kappa shape index (κ1) is 14.6. The van der Waals surface area contributed by atoms with Crippen LogP contribution in [0.3, 0.4) is 0 Å². The largest absolute Gasteiger partial charge is 0.478 e. The first-order valence-corrected chi connectivity index (χ1v) is 6.31. The van der Waals surface area contributed by atoms with Gasteiger partial charge in [0.15, 0.2) is 0 Å². The number of aromatic carboxylic acids is 1. The van der Waals surface area contributed by atoms with Crippen LogP contribution in [0.1, 0.15) is 29.9 Å². The van der Waals surface area contributed by atoms with E-state index in [0.29, 0.717) is 10.7 Å². The predicted octanol–water partition coefficient (Wildman–Crippen LogP) is 1.11. The first-order valence-electron chi connectivity index (χ1n) is 5.54. The molecule has 0 aliphatic carbocycles. The van der Waals surface area contributed by atoms with Crippen molar-refractivity contribution in [2.45, 2.75) is 26.8 Å². The smallest absolute Gasteiger partial charge is 0.340 e. The molecule has 0 radical (unpaired) electrons. The lowest BCUT2D eigenvalue weighted by Crippen LogP contribution is -2.38. The summed E-state index contributed by atoms with van der Waals surface area (Å²) in [5, 5.41) is 12.5. The molecule has 0 unspecified atom stereocenters. The summed E-state index contributed by atoms with van der Waals surface area (Å²) in [6.07, 6.45) is 0. The molecule has 0 spiro atoms. The number of rotatable bonds is 5. The second-order valence-corrected chi connectivity index (χ2v) is 4.99. The summed E-state index contributed by atoms with van der Waals surface area (Å²) in [4.78, 5) is 24.3. The monoisotopic (exact) mass is 271 g/mol. The highest BCUT2D eigenvalue weighted by Crippen LogP contribution is 2.27. The standard InChI is InChI=1S/C11H17N3O3S/c1-6(2)12-5-8(15)14(4)10-9(11(16)17)7(3)13-18-10/h6,12H,5H2,1-4H3,(H,16,17). The maximum Gasteiger partial charge on any atom is 0.340 e. The molecule has 100 valence electrons. The Hall–Kier alpha value is -1.47. The number of aryl methyl sites for hydroxylation is 1. The Bertz CT molecular complexity index is 456. The van der Waals surface area contributed by atoms with Gasteiger partial charge in [0.25, 0.3) is 0 Å². The Morgan fingerprint density at radius 2 is 2.11 bits per heavy atom. The van der Waals surface area contributed by atoms with Crippen molar-refractivity contribution in [3.63, 3.8) is 0 Å². The minimum atomic E-state index is -1.06. The molecular weight excluding hydrogens is 254 g/mol. The third kappa shape index (κ3) is 3.27. The number of anilines is 1. The van der Waals surface area contributed by atoms with Crippen molar-refractivity contribution in [2.24, 2.45) is 0 Å². The third-order valence-electron chi connectivity index (χ3n) is 2.40. The van der Waals surface area contributed by atoms with Crippen LogP contribution in [-0.2, 0) is 4.79 Å². The number of aromatic nitrogens is 1. The van der Waals surface area contributed by atoms with Crippen LogP contribution in [0.25, 0.3) is 0 Å². The van der Waals surface area contributed by atoms with Gasteiger partial charge in [-0.05, 0) is 18.5 Å². The van der Waals surface area contributed by atoms with Crippen molar-refractivity contribution in [2.75, 3.05) is 18.5 Å². The van der Waals surface area contributed by atoms with Crippen molar-refractivity contribution < 1.29 is 14.7 Å². The summed E-state index contributed by atoms with van der Waals surface area (Å²) in [6, 6.07) is 0.199. The van der Waals surface area contributed by atoms with Gasteiger partial charge >= 0.3 is 5.97 Å². The molecule has 0 fully saturated rings. The average Bonchev–Trinajstić information content (AvgIpc) is 2.66. The van der Waals surface area contributed by atoms with E-state index in [0.717, 1.165) is 11.5 Å². The van der Waals surface area contributed by atoms with E-state index in [1.54, 1.807) is 14.0 Å². The fourth-order valence-electron chi connectivity index (χ4n) is 1.36. The van der Waals surface area contributed by atoms with E-state index in [-0.39, 0.29) is 24.1 Å². The molecule has 0 aliphatic heterocycles. The summed E-state index contributed by atoms with van der Waals surface area (Å²) >= 11 is 1.02. The fraction of sp³-hybridized carbons (Fsp3) is 0.545. The van der Waals surface area contributed by atoms with Gasteiger partial charge in [0.2, 0.25) is 5.91 Å². The Balaban J connectivity index is 2.87. The third-order valence-corrected chi connectivity index (χ3v) is 3.41. The van der Waals surface area contributed by atoms with Crippen LogP contribution in [0.4, 0.5) is 5.00 Å². The highest BCUT2D eigenvalue weighted by Gasteiger charge is 2.23. The van der Waals surface area contributed by atoms with Crippen LogP contribution in [0, 0.1) is 6.92 Å². The summed E-state index contributed by atoms with van der Waals surface area (Å²) in [5.74, 6) is -1.25. The zero-order valence-corrected chi connectivity index (χ0v) is 11.7. The number of hydrogen-bond donors (Lipinski definition) is 2. The van der Waals surface area contributed by atoms with Crippen LogP contribution in [0.5, 0.6) is 0 Å². The van der Waals surface area contributed by atoms with E-state index in [1.165, 1.54) is 4.90 Å². The summed E-state index contributed by atoms with van der Waals surface area (Å²) in [5.41, 5.74) is 0.527. The van der Waals surface area contributed by atoms with Gasteiger partial charge in [0, 0.05) is 13.1 Å². The fourth-order valence-corrected chi connectivity index (χ4v) is 2.22. The highest BCUT2D eigenvalue weighted by atomic mass is 32.1. The highest BCUT2D eigenvalue weighted by molar-refractivity contribution is 7.11. The van der Waals surface area contributed by atoms with Gasteiger partial charge in [-0.15, -0.1) is 0 Å². The molecule has 7 heteroatoms. The molecule has 6 nitrogen and oxygen atoms in total. The number of likely N-dealkylation sites (N-methyl/N-ethyl adjacent to an activating group) is 1. The van der Waals surface area contributed by atoms with Crippen LogP contribution in [-0.4, -0.2) is 41.0 Å². The Labute approximate surface area is 110 Å². The Kier molecular flexibility index (Phi) is 4.80. The summed E-state index contributed by atoms with van der Waals surface area (Å²) < 4.78 is 3.98. The van der Waals surface area contributed by atoms with Gasteiger partial charge in [0.1, 0.15) is 10.6 Å². The number of carbonyl (C=O) groups is 2. The molecule has 0 aliphatic rings. The van der Waals surface area contributed by atoms with Gasteiger partial charge in [-0.2, -0.15) is 4.37 Å². The predicted molar refractivity (Wildman–Crippen MR) is 70.4 cm³/mol. The molecule has 1 rings (SSSR count). The van der Waals surface area contributed by atoms with E-state index >= 15 is 0 Å². The Morgan fingerprint density at radius 3 is 2.61 bits per heavy atom. The van der Waals surface area contributed by atoms with Crippen molar-refractivity contribution in [1.29, 1.82) is 0 Å². The minimum Gasteiger partial charge on any atom is -0.478 e. The maximum absolute atomic E-state index is 11.9. The summed E-state index contributed by atoms with van der Waals surface area (Å²) in [6.45, 7) is 5.66. The van der Waals surface area contributed by atoms with Crippen LogP contribution < -0.4 is 10.2 Å². The topological polar surface area (TPSA) is 82.5 Å². The molecule has 0 atom stereocenters. The molecule has 0 saturated heterocycles. The number of amides is 1. The van der Waals surface area contributed by atoms with E-state index in [9.17, 15) is 9.59 Å². The molecule has 1 heterocycles. The first-order chi connectivity index (χ1) is 8.34. The number of nitrogens with zero attached hydrogens (tertiary/aromatic N) is 2. The quantitative estimate of drug-likeness (QED) is 0.838. The molecule has 2 N–H and O–H groups in total. The second-order valence-electron chi connectivity index (χ2n) is 4.24. The number of hydrogen-bond acceptors (Lipinski definition) is 5. The normalized spacial score (nSPS) is 10.7. The minimum absolute atomic E-state index is 0.0976. The molecule has 18 heavy (non-hydrogen) atoms. The van der Waals surface area contributed by atoms with E-state index < -0.39 is 5.97 Å². The number of carbonyl (C=O) groups excluding carboxylic acids is 1. The lowest BCUT2D eigenvalue weighted by Gasteiger charge is -2.17. The number of carboxylic acids is 1. The van der Waals surface area contributed by atoms with Crippen LogP contribution in [0.2, 0.25) is 0 Å². The molecule has 1 aromatic heterocycles. The van der Waals surface area contributed by atoms with E-state index in [2.05, 4.69) is 9.69 Å². The van der Waals surface area contributed by atoms with Crippen LogP contribution in [0.15, 0.2) is 0 Å². The van der Waals surface area contributed by atoms with E-state index in [1.807, 2.05) is 13.8 Å². The Morgan fingerprint density at radius 1 is 1.50 bits per heavy atom. The molecule has 1 amide bonds. The lowest BCUT2D eigenvalue weighted by atomic mass is 10.2. The molecule has 0 bridgehead atoms. The molecule has 1 aromatic rings. The zero-order chi connectivity index (χ0) is 13.9. The second kappa shape index (κ2) is 5.92. The van der Waals surface area contributed by atoms with Gasteiger partial charge < -0.3 is 15.3 Å². The maximum atomic E-state index is 11.9. The van der Waals surface area contributed by atoms with Crippen molar-refractivity contribution in [3.8, 4) is 0 Å². The van der Waals surface area contributed by atoms with Crippen LogP contribution >= 0.6 is 11.5 Å². The lowest BCUT2D eigenvalue weighted by molar-refractivity contribution is -0.117. The van der Waals surface area contributed by atoms with Gasteiger partial charge in [-0.1, -0.05) is 13.8 Å². The van der Waals surface area contributed by atoms with Gasteiger partial charge in [-0.3, -0.25) is 4.79 Å².